The Kier molecular flexibility index (Phi) is 4.76. The van der Waals surface area contributed by atoms with Gasteiger partial charge in [-0.2, -0.15) is 8.75 Å². The summed E-state index contributed by atoms with van der Waals surface area (Å²) in [5.74, 6) is 0.421. The number of urea groups is 1. The molecule has 1 aliphatic carbocycles. The molecule has 4 rings (SSSR count). The lowest BCUT2D eigenvalue weighted by molar-refractivity contribution is -0.129. The van der Waals surface area contributed by atoms with E-state index >= 15 is 0 Å². The zero-order valence-corrected chi connectivity index (χ0v) is 15.6. The van der Waals surface area contributed by atoms with E-state index in [1.54, 1.807) is 0 Å². The van der Waals surface area contributed by atoms with Crippen molar-refractivity contribution in [3.05, 3.63) is 17.7 Å². The summed E-state index contributed by atoms with van der Waals surface area (Å²) in [4.78, 5) is 26.6. The number of carbonyl (C=O) groups excluding carboxylic acids is 2. The Morgan fingerprint density at radius 1 is 1.31 bits per heavy atom. The molecule has 1 saturated heterocycles. The SMILES string of the molecule is Cc1ccc2nsnc2c1NC(=O)NC[C@H]1CC(=O)N(C2CCCC2)C1. The van der Waals surface area contributed by atoms with Crippen molar-refractivity contribution < 1.29 is 9.59 Å². The highest BCUT2D eigenvalue weighted by atomic mass is 32.1. The number of carbonyl (C=O) groups is 2. The van der Waals surface area contributed by atoms with Crippen LogP contribution in [0.5, 0.6) is 0 Å². The van der Waals surface area contributed by atoms with Crippen LogP contribution in [0.25, 0.3) is 11.0 Å². The van der Waals surface area contributed by atoms with Crippen molar-refractivity contribution in [2.45, 2.75) is 45.1 Å². The molecule has 138 valence electrons. The molecule has 2 aromatic rings. The summed E-state index contributed by atoms with van der Waals surface area (Å²) in [6.07, 6.45) is 5.21. The first-order valence-corrected chi connectivity index (χ1v) is 9.91. The number of nitrogens with zero attached hydrogens (tertiary/aromatic N) is 3. The number of likely N-dealkylation sites (tertiary alicyclic amines) is 1. The van der Waals surface area contributed by atoms with Gasteiger partial charge in [-0.1, -0.05) is 18.9 Å². The van der Waals surface area contributed by atoms with Gasteiger partial charge in [0.2, 0.25) is 5.91 Å². The van der Waals surface area contributed by atoms with Gasteiger partial charge in [-0.05, 0) is 31.4 Å². The van der Waals surface area contributed by atoms with E-state index in [-0.39, 0.29) is 17.9 Å². The number of aromatic nitrogens is 2. The van der Waals surface area contributed by atoms with Crippen LogP contribution in [-0.2, 0) is 4.79 Å². The van der Waals surface area contributed by atoms with Gasteiger partial charge in [0, 0.05) is 31.5 Å². The topological polar surface area (TPSA) is 87.2 Å². The molecule has 0 radical (unpaired) electrons. The number of amides is 3. The summed E-state index contributed by atoms with van der Waals surface area (Å²) in [6, 6.07) is 3.98. The maximum absolute atomic E-state index is 12.3. The first-order chi connectivity index (χ1) is 12.6. The Morgan fingerprint density at radius 2 is 2.12 bits per heavy atom. The van der Waals surface area contributed by atoms with Crippen molar-refractivity contribution in [1.82, 2.24) is 19.0 Å². The molecular weight excluding hydrogens is 350 g/mol. The normalized spacial score (nSPS) is 20.9. The molecule has 1 atom stereocenters. The Bertz CT molecular complexity index is 830. The van der Waals surface area contributed by atoms with E-state index in [2.05, 4.69) is 19.4 Å². The van der Waals surface area contributed by atoms with Crippen molar-refractivity contribution >= 4 is 40.4 Å². The molecule has 0 unspecified atom stereocenters. The number of fused-ring (bicyclic) bond motifs is 1. The van der Waals surface area contributed by atoms with E-state index in [1.165, 1.54) is 12.8 Å². The second kappa shape index (κ2) is 7.19. The maximum atomic E-state index is 12.3. The fourth-order valence-electron chi connectivity index (χ4n) is 4.02. The van der Waals surface area contributed by atoms with Gasteiger partial charge in [-0.3, -0.25) is 4.79 Å². The molecule has 1 aromatic heterocycles. The van der Waals surface area contributed by atoms with Gasteiger partial charge < -0.3 is 15.5 Å². The number of hydrogen-bond acceptors (Lipinski definition) is 5. The van der Waals surface area contributed by atoms with Crippen LogP contribution in [0.15, 0.2) is 12.1 Å². The van der Waals surface area contributed by atoms with Crippen molar-refractivity contribution in [2.75, 3.05) is 18.4 Å². The van der Waals surface area contributed by atoms with Crippen molar-refractivity contribution in [3.8, 4) is 0 Å². The monoisotopic (exact) mass is 373 g/mol. The third kappa shape index (κ3) is 3.38. The number of rotatable bonds is 4. The third-order valence-electron chi connectivity index (χ3n) is 5.43. The van der Waals surface area contributed by atoms with Crippen molar-refractivity contribution in [3.63, 3.8) is 0 Å². The zero-order valence-electron chi connectivity index (χ0n) is 14.8. The lowest BCUT2D eigenvalue weighted by Crippen LogP contribution is -2.37. The van der Waals surface area contributed by atoms with Crippen LogP contribution < -0.4 is 10.6 Å². The molecule has 26 heavy (non-hydrogen) atoms. The molecule has 2 N–H and O–H groups in total. The summed E-state index contributed by atoms with van der Waals surface area (Å²) >= 11 is 1.13. The summed E-state index contributed by atoms with van der Waals surface area (Å²) in [6.45, 7) is 3.20. The molecule has 2 fully saturated rings. The number of hydrogen-bond donors (Lipinski definition) is 2. The van der Waals surface area contributed by atoms with Crippen LogP contribution in [-0.4, -0.2) is 44.7 Å². The fraction of sp³-hybridized carbons (Fsp3) is 0.556. The van der Waals surface area contributed by atoms with Gasteiger partial charge in [0.05, 0.1) is 17.4 Å². The molecule has 1 saturated carbocycles. The predicted octanol–water partition coefficient (Wildman–Crippen LogP) is 2.91. The molecule has 2 heterocycles. The van der Waals surface area contributed by atoms with E-state index in [9.17, 15) is 9.59 Å². The lowest BCUT2D eigenvalue weighted by atomic mass is 10.1. The largest absolute Gasteiger partial charge is 0.339 e. The van der Waals surface area contributed by atoms with Crippen molar-refractivity contribution in [2.24, 2.45) is 5.92 Å². The quantitative estimate of drug-likeness (QED) is 0.863. The van der Waals surface area contributed by atoms with Crippen LogP contribution in [0.4, 0.5) is 10.5 Å². The van der Waals surface area contributed by atoms with Crippen LogP contribution in [0.2, 0.25) is 0 Å². The van der Waals surface area contributed by atoms with E-state index in [0.29, 0.717) is 30.2 Å². The third-order valence-corrected chi connectivity index (χ3v) is 5.97. The lowest BCUT2D eigenvalue weighted by Gasteiger charge is -2.24. The van der Waals surface area contributed by atoms with Crippen molar-refractivity contribution in [1.29, 1.82) is 0 Å². The minimum absolute atomic E-state index is 0.187. The van der Waals surface area contributed by atoms with Gasteiger partial charge in [0.1, 0.15) is 11.0 Å². The highest BCUT2D eigenvalue weighted by Crippen LogP contribution is 2.29. The predicted molar refractivity (Wildman–Crippen MR) is 101 cm³/mol. The average Bonchev–Trinajstić information content (AvgIpc) is 3.35. The molecule has 2 aliphatic rings. The molecular formula is C18H23N5O2S. The van der Waals surface area contributed by atoms with Crippen LogP contribution in [0, 0.1) is 12.8 Å². The number of aryl methyl sites for hydroxylation is 1. The van der Waals surface area contributed by atoms with E-state index in [0.717, 1.165) is 42.2 Å². The highest BCUT2D eigenvalue weighted by molar-refractivity contribution is 7.00. The molecule has 3 amide bonds. The summed E-state index contributed by atoms with van der Waals surface area (Å²) < 4.78 is 8.48. The fourth-order valence-corrected chi connectivity index (χ4v) is 4.56. The van der Waals surface area contributed by atoms with Gasteiger partial charge in [0.15, 0.2) is 0 Å². The van der Waals surface area contributed by atoms with E-state index < -0.39 is 0 Å². The maximum Gasteiger partial charge on any atom is 0.319 e. The Balaban J connectivity index is 1.33. The van der Waals surface area contributed by atoms with Crippen LogP contribution in [0.1, 0.15) is 37.7 Å². The standard InChI is InChI=1S/C18H23N5O2S/c1-11-6-7-14-17(22-26-21-14)16(11)20-18(25)19-9-12-8-15(24)23(10-12)13-4-2-3-5-13/h6-7,12-13H,2-5,8-10H2,1H3,(H2,19,20,25)/t12-/m1/s1. The highest BCUT2D eigenvalue weighted by Gasteiger charge is 2.35. The second-order valence-electron chi connectivity index (χ2n) is 7.28. The Hall–Kier alpha value is -2.22. The molecule has 8 heteroatoms. The Morgan fingerprint density at radius 3 is 2.92 bits per heavy atom. The zero-order chi connectivity index (χ0) is 18.1. The smallest absolute Gasteiger partial charge is 0.319 e. The minimum Gasteiger partial charge on any atom is -0.339 e. The van der Waals surface area contributed by atoms with E-state index in [4.69, 9.17) is 0 Å². The first kappa shape index (κ1) is 17.2. The van der Waals surface area contributed by atoms with Crippen LogP contribution in [0.3, 0.4) is 0 Å². The molecule has 1 aromatic carbocycles. The summed E-state index contributed by atoms with van der Waals surface area (Å²) in [5, 5.41) is 5.81. The first-order valence-electron chi connectivity index (χ1n) is 9.18. The number of anilines is 1. The van der Waals surface area contributed by atoms with E-state index in [1.807, 2.05) is 24.0 Å². The van der Waals surface area contributed by atoms with Gasteiger partial charge in [0.25, 0.3) is 0 Å². The van der Waals surface area contributed by atoms with Gasteiger partial charge in [-0.15, -0.1) is 0 Å². The Labute approximate surface area is 156 Å². The molecule has 0 spiro atoms. The average molecular weight is 373 g/mol. The number of benzene rings is 1. The second-order valence-corrected chi connectivity index (χ2v) is 7.81. The molecule has 1 aliphatic heterocycles. The molecule has 0 bridgehead atoms. The number of nitrogens with one attached hydrogen (secondary N) is 2. The van der Waals surface area contributed by atoms with Crippen LogP contribution >= 0.6 is 11.7 Å². The van der Waals surface area contributed by atoms with Gasteiger partial charge >= 0.3 is 6.03 Å². The molecule has 7 nitrogen and oxygen atoms in total. The summed E-state index contributed by atoms with van der Waals surface area (Å²) in [7, 11) is 0. The minimum atomic E-state index is -0.264. The summed E-state index contributed by atoms with van der Waals surface area (Å²) in [5.41, 5.74) is 3.14. The van der Waals surface area contributed by atoms with Gasteiger partial charge in [-0.25, -0.2) is 4.79 Å².